The number of aromatic nitrogens is 1. The summed E-state index contributed by atoms with van der Waals surface area (Å²) in [5, 5.41) is 39.7. The maximum Gasteiger partial charge on any atom is 0.327 e. The van der Waals surface area contributed by atoms with Crippen LogP contribution in [-0.4, -0.2) is 178 Å². The van der Waals surface area contributed by atoms with Crippen molar-refractivity contribution < 1.29 is 58.2 Å². The predicted octanol–water partition coefficient (Wildman–Crippen LogP) is -5.83. The number of carbonyl (C=O) groups excluding carboxylic acids is 8. The molecule has 2 aromatic rings. The molecule has 25 N–H and O–H groups in total. The first-order valence-corrected chi connectivity index (χ1v) is 26.5. The Kier molecular flexibility index (Phi) is 29.5. The lowest BCUT2D eigenvalue weighted by molar-refractivity contribution is -0.141. The second kappa shape index (κ2) is 34.7. The van der Waals surface area contributed by atoms with Crippen molar-refractivity contribution in [2.75, 3.05) is 31.1 Å². The average molecular weight is 1160 g/mol. The van der Waals surface area contributed by atoms with Crippen molar-refractivity contribution in [1.82, 2.24) is 47.5 Å². The molecule has 1 aromatic heterocycles. The number of aliphatic carboxylic acids is 2. The minimum absolute atomic E-state index is 0.00271. The second-order valence-electron chi connectivity index (χ2n) is 18.6. The van der Waals surface area contributed by atoms with Crippen molar-refractivity contribution >= 4 is 113 Å². The molecule has 0 unspecified atom stereocenters. The molecule has 0 bridgehead atoms. The van der Waals surface area contributed by atoms with Gasteiger partial charge in [0.2, 0.25) is 47.3 Å². The zero-order valence-electron chi connectivity index (χ0n) is 44.6. The van der Waals surface area contributed by atoms with Crippen LogP contribution in [0.5, 0.6) is 0 Å². The average Bonchev–Trinajstić information content (AvgIpc) is 3.80. The standard InChI is InChI=1S/C47H77N19O12S2/c1-22(2)35(48)43(76)64-30(17-24-19-58-26-10-5-4-9-25(24)26)40(73)65-32(20-79)42(75)62-27(11-6-14-55-45(49)50)37(70)59-23(3)36(69)63-31(18-34(67)68)41(74)61-28(12-7-15-56-46(51)52)38(71)60-29(13-8-16-57-47(53)54)39(72)66-33(21-80)44(77)78/h4-5,9-10,19,22-23,27-33,35,58,79-80H,6-8,11-18,20-21,48H2,1-3H3,(H,59,70)(H,60,71)(H,61,74)(H,62,75)(H,63,69)(H,64,76)(H,65,73)(H,66,72)(H,67,68)(H,77,78)(H4,49,50,55)(H4,51,52,56)(H4,53,54,57)/t23-,27-,28-,29-,30-,31-,32-,33-,35-/m0/s1. The number of thiol groups is 2. The van der Waals surface area contributed by atoms with Crippen molar-refractivity contribution in [3.63, 3.8) is 0 Å². The van der Waals surface area contributed by atoms with Gasteiger partial charge in [-0.1, -0.05) is 32.0 Å². The molecular weight excluding hydrogens is 1090 g/mol. The van der Waals surface area contributed by atoms with E-state index in [1.807, 2.05) is 18.2 Å². The molecule has 0 radical (unpaired) electrons. The maximum atomic E-state index is 14.0. The van der Waals surface area contributed by atoms with Crippen LogP contribution in [0.2, 0.25) is 0 Å². The van der Waals surface area contributed by atoms with Gasteiger partial charge in [-0.25, -0.2) is 4.79 Å². The number of carboxylic acids is 2. The van der Waals surface area contributed by atoms with Crippen molar-refractivity contribution in [3.8, 4) is 0 Å². The lowest BCUT2D eigenvalue weighted by atomic mass is 10.0. The number of carboxylic acid groups (broad SMARTS) is 2. The van der Waals surface area contributed by atoms with Gasteiger partial charge >= 0.3 is 11.9 Å². The van der Waals surface area contributed by atoms with Crippen molar-refractivity contribution in [1.29, 1.82) is 0 Å². The fourth-order valence-corrected chi connectivity index (χ4v) is 7.92. The summed E-state index contributed by atoms with van der Waals surface area (Å²) in [6, 6.07) is -5.69. The van der Waals surface area contributed by atoms with Gasteiger partial charge in [-0.2, -0.15) is 25.3 Å². The molecule has 31 nitrogen and oxygen atoms in total. The topological polar surface area (TPSA) is 542 Å². The Morgan fingerprint density at radius 1 is 0.525 bits per heavy atom. The highest BCUT2D eigenvalue weighted by atomic mass is 32.1. The van der Waals surface area contributed by atoms with E-state index in [0.717, 1.165) is 10.9 Å². The van der Waals surface area contributed by atoms with Crippen LogP contribution in [0.1, 0.15) is 71.3 Å². The monoisotopic (exact) mass is 1160 g/mol. The number of rotatable bonds is 36. The highest BCUT2D eigenvalue weighted by molar-refractivity contribution is 7.80. The molecule has 2 rings (SSSR count). The van der Waals surface area contributed by atoms with Gasteiger partial charge in [-0.3, -0.25) is 58.1 Å². The Balaban J connectivity index is 2.38. The van der Waals surface area contributed by atoms with Crippen LogP contribution in [0.25, 0.3) is 10.9 Å². The number of nitrogens with zero attached hydrogens (tertiary/aromatic N) is 3. The zero-order valence-corrected chi connectivity index (χ0v) is 46.4. The number of carbonyl (C=O) groups is 10. The van der Waals surface area contributed by atoms with Crippen LogP contribution < -0.4 is 82.7 Å². The molecule has 444 valence electrons. The molecule has 0 aliphatic carbocycles. The Labute approximate surface area is 472 Å². The van der Waals surface area contributed by atoms with Crippen LogP contribution >= 0.6 is 25.3 Å². The van der Waals surface area contributed by atoms with Crippen molar-refractivity contribution in [2.45, 2.75) is 127 Å². The Morgan fingerprint density at radius 2 is 0.912 bits per heavy atom. The molecule has 0 aliphatic heterocycles. The van der Waals surface area contributed by atoms with Gasteiger partial charge in [0, 0.05) is 54.7 Å². The quantitative estimate of drug-likeness (QED) is 0.0131. The molecule has 0 spiro atoms. The minimum atomic E-state index is -1.90. The lowest BCUT2D eigenvalue weighted by Crippen LogP contribution is -2.60. The summed E-state index contributed by atoms with van der Waals surface area (Å²) < 4.78 is 0. The fourth-order valence-electron chi connectivity index (χ4n) is 7.42. The van der Waals surface area contributed by atoms with E-state index in [-0.39, 0.29) is 99.9 Å². The summed E-state index contributed by atoms with van der Waals surface area (Å²) in [6.45, 7) is 4.59. The van der Waals surface area contributed by atoms with Gasteiger partial charge in [0.15, 0.2) is 17.9 Å². The summed E-state index contributed by atoms with van der Waals surface area (Å²) in [6.07, 6.45) is 0.323. The molecular formula is C47H77N19O12S2. The Bertz CT molecular complexity index is 2550. The third-order valence-corrected chi connectivity index (χ3v) is 12.6. The van der Waals surface area contributed by atoms with Gasteiger partial charge in [-0.15, -0.1) is 0 Å². The smallest absolute Gasteiger partial charge is 0.327 e. The number of hydrogen-bond donors (Lipinski definition) is 20. The number of fused-ring (bicyclic) bond motifs is 1. The summed E-state index contributed by atoms with van der Waals surface area (Å²) in [5.74, 6) is -12.2. The molecule has 1 aromatic carbocycles. The van der Waals surface area contributed by atoms with E-state index in [1.165, 1.54) is 6.92 Å². The number of benzene rings is 1. The molecule has 0 fully saturated rings. The van der Waals surface area contributed by atoms with Gasteiger partial charge in [0.25, 0.3) is 0 Å². The number of amides is 8. The third-order valence-electron chi connectivity index (χ3n) is 11.9. The van der Waals surface area contributed by atoms with Crippen LogP contribution in [0, 0.1) is 5.92 Å². The fraction of sp³-hybridized carbons (Fsp3) is 0.553. The predicted molar refractivity (Wildman–Crippen MR) is 303 cm³/mol. The number of H-pyrrole nitrogens is 1. The van der Waals surface area contributed by atoms with E-state index in [9.17, 15) is 58.2 Å². The Hall–Kier alpha value is -8.07. The normalized spacial score (nSPS) is 14.3. The number of hydrogen-bond acceptors (Lipinski definition) is 16. The van der Waals surface area contributed by atoms with Gasteiger partial charge in [0.05, 0.1) is 12.5 Å². The third kappa shape index (κ3) is 24.3. The van der Waals surface area contributed by atoms with E-state index in [0.29, 0.717) is 5.56 Å². The van der Waals surface area contributed by atoms with E-state index in [2.05, 4.69) is 87.8 Å². The first kappa shape index (κ1) is 68.0. The molecule has 0 saturated carbocycles. The van der Waals surface area contributed by atoms with Gasteiger partial charge in [0.1, 0.15) is 48.3 Å². The molecule has 33 heteroatoms. The number of nitrogens with one attached hydrogen (secondary N) is 9. The number of nitrogens with two attached hydrogens (primary N) is 7. The molecule has 8 amide bonds. The lowest BCUT2D eigenvalue weighted by Gasteiger charge is -2.27. The molecule has 80 heavy (non-hydrogen) atoms. The van der Waals surface area contributed by atoms with E-state index >= 15 is 0 Å². The first-order chi connectivity index (χ1) is 37.7. The molecule has 0 saturated heterocycles. The van der Waals surface area contributed by atoms with E-state index < -0.39 is 120 Å². The van der Waals surface area contributed by atoms with Crippen LogP contribution in [-0.2, 0) is 54.4 Å². The van der Waals surface area contributed by atoms with Crippen LogP contribution in [0.15, 0.2) is 45.4 Å². The summed E-state index contributed by atoms with van der Waals surface area (Å²) in [5.41, 5.74) is 40.2. The number of aliphatic imine (C=N–C) groups is 3. The van der Waals surface area contributed by atoms with Crippen molar-refractivity contribution in [3.05, 3.63) is 36.0 Å². The van der Waals surface area contributed by atoms with Crippen molar-refractivity contribution in [2.24, 2.45) is 61.0 Å². The molecule has 0 aliphatic rings. The molecule has 9 atom stereocenters. The zero-order chi connectivity index (χ0) is 60.2. The first-order valence-electron chi connectivity index (χ1n) is 25.2. The number of aromatic amines is 1. The summed E-state index contributed by atoms with van der Waals surface area (Å²) in [7, 11) is 0. The largest absolute Gasteiger partial charge is 0.481 e. The van der Waals surface area contributed by atoms with Crippen LogP contribution in [0.4, 0.5) is 0 Å². The number of para-hydroxylation sites is 1. The van der Waals surface area contributed by atoms with Gasteiger partial charge in [-0.05, 0) is 63.0 Å². The van der Waals surface area contributed by atoms with E-state index in [1.54, 1.807) is 26.1 Å². The summed E-state index contributed by atoms with van der Waals surface area (Å²) >= 11 is 8.23. The number of guanidine groups is 3. The highest BCUT2D eigenvalue weighted by Gasteiger charge is 2.35. The van der Waals surface area contributed by atoms with E-state index in [4.69, 9.17) is 40.1 Å². The minimum Gasteiger partial charge on any atom is -0.481 e. The molecule has 1 heterocycles. The summed E-state index contributed by atoms with van der Waals surface area (Å²) in [4.78, 5) is 148. The highest BCUT2D eigenvalue weighted by Crippen LogP contribution is 2.20. The van der Waals surface area contributed by atoms with Crippen LogP contribution in [0.3, 0.4) is 0 Å². The Morgan fingerprint density at radius 3 is 1.35 bits per heavy atom. The SMILES string of the molecule is CC(C)[C@H](N)C(=O)N[C@@H](Cc1c[nH]c2ccccc12)C(=O)N[C@@H](CS)C(=O)N[C@@H](CCCN=C(N)N)C(=O)N[C@@H](C)C(=O)N[C@@H](CC(=O)O)C(=O)N[C@@H](CCCN=C(N)N)C(=O)N[C@@H](CCCN=C(N)N)C(=O)N[C@@H](CS)C(=O)O. The second-order valence-corrected chi connectivity index (χ2v) is 19.4. The maximum absolute atomic E-state index is 14.0. The van der Waals surface area contributed by atoms with Gasteiger partial charge < -0.3 is 97.9 Å².